The molecule has 116 valence electrons. The molecule has 2 rings (SSSR count). The van der Waals surface area contributed by atoms with Crippen molar-refractivity contribution in [1.82, 2.24) is 10.6 Å². The molecule has 5 heteroatoms. The van der Waals surface area contributed by atoms with Crippen LogP contribution in [0.5, 0.6) is 0 Å². The number of hydrogen-bond acceptors (Lipinski definition) is 1. The van der Waals surface area contributed by atoms with Gasteiger partial charge in [0, 0.05) is 6.54 Å². The van der Waals surface area contributed by atoms with E-state index < -0.39 is 0 Å². The summed E-state index contributed by atoms with van der Waals surface area (Å²) in [7, 11) is 0. The molecule has 0 fully saturated rings. The van der Waals surface area contributed by atoms with Gasteiger partial charge in [0.05, 0.1) is 16.1 Å². The first kappa shape index (κ1) is 17.1. The predicted molar refractivity (Wildman–Crippen MR) is 98.5 cm³/mol. The van der Waals surface area contributed by atoms with Crippen LogP contribution >= 0.6 is 35.4 Å². The van der Waals surface area contributed by atoms with E-state index in [9.17, 15) is 0 Å². The molecule has 0 spiro atoms. The molecule has 2 aromatic carbocycles. The second-order valence-electron chi connectivity index (χ2n) is 4.95. The van der Waals surface area contributed by atoms with Crippen LogP contribution < -0.4 is 10.6 Å². The highest BCUT2D eigenvalue weighted by atomic mass is 35.5. The third-order valence-corrected chi connectivity index (χ3v) is 4.35. The van der Waals surface area contributed by atoms with Crippen LogP contribution in [0, 0.1) is 0 Å². The first-order valence-electron chi connectivity index (χ1n) is 7.13. The van der Waals surface area contributed by atoms with E-state index in [1.54, 1.807) is 6.07 Å². The Labute approximate surface area is 146 Å². The highest BCUT2D eigenvalue weighted by Gasteiger charge is 2.10. The summed E-state index contributed by atoms with van der Waals surface area (Å²) in [5.41, 5.74) is 2.26. The zero-order valence-corrected chi connectivity index (χ0v) is 14.6. The first-order chi connectivity index (χ1) is 10.6. The van der Waals surface area contributed by atoms with E-state index in [1.165, 1.54) is 5.56 Å². The number of thiocarbonyl (C=S) groups is 1. The van der Waals surface area contributed by atoms with Crippen LogP contribution in [0.15, 0.2) is 48.5 Å². The zero-order valence-electron chi connectivity index (χ0n) is 12.3. The smallest absolute Gasteiger partial charge is 0.167 e. The monoisotopic (exact) mass is 352 g/mol. The summed E-state index contributed by atoms with van der Waals surface area (Å²) in [4.78, 5) is 0. The first-order valence-corrected chi connectivity index (χ1v) is 8.29. The lowest BCUT2D eigenvalue weighted by atomic mass is 10.1. The molecular formula is C17H18Cl2N2S. The Balaban J connectivity index is 1.90. The minimum absolute atomic E-state index is 0.204. The lowest BCUT2D eigenvalue weighted by Crippen LogP contribution is -2.37. The average molecular weight is 353 g/mol. The highest BCUT2D eigenvalue weighted by molar-refractivity contribution is 7.80. The second kappa shape index (κ2) is 8.37. The van der Waals surface area contributed by atoms with Crippen molar-refractivity contribution in [3.63, 3.8) is 0 Å². The van der Waals surface area contributed by atoms with Gasteiger partial charge in [0.15, 0.2) is 5.11 Å². The molecular weight excluding hydrogens is 335 g/mol. The van der Waals surface area contributed by atoms with Crippen molar-refractivity contribution in [3.05, 3.63) is 69.7 Å². The molecule has 0 aromatic heterocycles. The minimum Gasteiger partial charge on any atom is -0.359 e. The summed E-state index contributed by atoms with van der Waals surface area (Å²) in [6.45, 7) is 2.74. The summed E-state index contributed by atoms with van der Waals surface area (Å²) >= 11 is 17.3. The Morgan fingerprint density at radius 3 is 2.45 bits per heavy atom. The fourth-order valence-corrected chi connectivity index (χ4v) is 2.68. The molecule has 0 aliphatic rings. The molecule has 0 aliphatic heterocycles. The van der Waals surface area contributed by atoms with Crippen LogP contribution in [0.25, 0.3) is 0 Å². The van der Waals surface area contributed by atoms with Gasteiger partial charge >= 0.3 is 0 Å². The summed E-state index contributed by atoms with van der Waals surface area (Å²) < 4.78 is 0. The lowest BCUT2D eigenvalue weighted by molar-refractivity contribution is 0.616. The van der Waals surface area contributed by atoms with Gasteiger partial charge in [-0.3, -0.25) is 0 Å². The Hall–Kier alpha value is -1.29. The molecule has 2 N–H and O–H groups in total. The van der Waals surface area contributed by atoms with Crippen LogP contribution in [-0.4, -0.2) is 5.11 Å². The van der Waals surface area contributed by atoms with Crippen molar-refractivity contribution >= 4 is 40.5 Å². The molecule has 2 nitrogen and oxygen atoms in total. The van der Waals surface area contributed by atoms with Gasteiger partial charge in [-0.15, -0.1) is 0 Å². The summed E-state index contributed by atoms with van der Waals surface area (Å²) in [5.74, 6) is 0. The van der Waals surface area contributed by atoms with E-state index in [-0.39, 0.29) is 6.04 Å². The normalized spacial score (nSPS) is 11.8. The topological polar surface area (TPSA) is 24.1 Å². The van der Waals surface area contributed by atoms with E-state index in [0.717, 1.165) is 12.0 Å². The maximum atomic E-state index is 6.01. The van der Waals surface area contributed by atoms with E-state index in [4.69, 9.17) is 35.4 Å². The van der Waals surface area contributed by atoms with Crippen LogP contribution in [-0.2, 0) is 6.54 Å². The molecule has 1 unspecified atom stereocenters. The summed E-state index contributed by atoms with van der Waals surface area (Å²) in [6, 6.07) is 16.0. The van der Waals surface area contributed by atoms with Gasteiger partial charge < -0.3 is 10.6 Å². The quantitative estimate of drug-likeness (QED) is 0.731. The Kier molecular flexibility index (Phi) is 6.49. The van der Waals surface area contributed by atoms with E-state index in [0.29, 0.717) is 21.7 Å². The maximum absolute atomic E-state index is 6.01. The van der Waals surface area contributed by atoms with Crippen molar-refractivity contribution in [2.24, 2.45) is 0 Å². The van der Waals surface area contributed by atoms with Gasteiger partial charge in [-0.25, -0.2) is 0 Å². The lowest BCUT2D eigenvalue weighted by Gasteiger charge is -2.20. The highest BCUT2D eigenvalue weighted by Crippen LogP contribution is 2.22. The number of halogens is 2. The number of benzene rings is 2. The predicted octanol–water partition coefficient (Wildman–Crippen LogP) is 5.11. The van der Waals surface area contributed by atoms with Crippen LogP contribution in [0.4, 0.5) is 0 Å². The molecule has 0 radical (unpaired) electrons. The molecule has 0 saturated carbocycles. The summed E-state index contributed by atoms with van der Waals surface area (Å²) in [6.07, 6.45) is 0.957. The molecule has 0 saturated heterocycles. The van der Waals surface area contributed by atoms with Crippen molar-refractivity contribution < 1.29 is 0 Å². The SMILES string of the molecule is CCC(NC(=S)NCc1ccc(Cl)c(Cl)c1)c1ccccc1. The molecule has 1 atom stereocenters. The average Bonchev–Trinajstić information content (AvgIpc) is 2.54. The van der Waals surface area contributed by atoms with E-state index in [1.807, 2.05) is 30.3 Å². The van der Waals surface area contributed by atoms with Gasteiger partial charge in [-0.05, 0) is 41.9 Å². The third kappa shape index (κ3) is 4.87. The van der Waals surface area contributed by atoms with Crippen molar-refractivity contribution in [2.75, 3.05) is 0 Å². The molecule has 0 aliphatic carbocycles. The van der Waals surface area contributed by atoms with Gasteiger partial charge in [0.1, 0.15) is 0 Å². The number of nitrogens with one attached hydrogen (secondary N) is 2. The molecule has 0 heterocycles. The van der Waals surface area contributed by atoms with Crippen LogP contribution in [0.1, 0.15) is 30.5 Å². The molecule has 2 aromatic rings. The largest absolute Gasteiger partial charge is 0.359 e. The molecule has 0 bridgehead atoms. The van der Waals surface area contributed by atoms with Gasteiger partial charge in [-0.1, -0.05) is 66.5 Å². The Bertz CT molecular complexity index is 632. The van der Waals surface area contributed by atoms with Gasteiger partial charge in [0.2, 0.25) is 0 Å². The number of hydrogen-bond donors (Lipinski definition) is 2. The van der Waals surface area contributed by atoms with Gasteiger partial charge in [-0.2, -0.15) is 0 Å². The second-order valence-corrected chi connectivity index (χ2v) is 6.17. The fraction of sp³-hybridized carbons (Fsp3) is 0.235. The maximum Gasteiger partial charge on any atom is 0.167 e. The third-order valence-electron chi connectivity index (χ3n) is 3.35. The van der Waals surface area contributed by atoms with Crippen molar-refractivity contribution in [2.45, 2.75) is 25.9 Å². The zero-order chi connectivity index (χ0) is 15.9. The Morgan fingerprint density at radius 2 is 1.82 bits per heavy atom. The number of rotatable bonds is 5. The molecule has 22 heavy (non-hydrogen) atoms. The van der Waals surface area contributed by atoms with Crippen molar-refractivity contribution in [1.29, 1.82) is 0 Å². The van der Waals surface area contributed by atoms with Gasteiger partial charge in [0.25, 0.3) is 0 Å². The van der Waals surface area contributed by atoms with E-state index >= 15 is 0 Å². The fourth-order valence-electron chi connectivity index (χ4n) is 2.15. The summed E-state index contributed by atoms with van der Waals surface area (Å²) in [5, 5.41) is 8.27. The Morgan fingerprint density at radius 1 is 1.09 bits per heavy atom. The van der Waals surface area contributed by atoms with Crippen molar-refractivity contribution in [3.8, 4) is 0 Å². The van der Waals surface area contributed by atoms with Crippen LogP contribution in [0.3, 0.4) is 0 Å². The van der Waals surface area contributed by atoms with Crippen LogP contribution in [0.2, 0.25) is 10.0 Å². The standard InChI is InChI=1S/C17H18Cl2N2S/c1-2-16(13-6-4-3-5-7-13)21-17(22)20-11-12-8-9-14(18)15(19)10-12/h3-10,16H,2,11H2,1H3,(H2,20,21,22). The van der Waals surface area contributed by atoms with E-state index in [2.05, 4.69) is 29.7 Å². The minimum atomic E-state index is 0.204. The molecule has 0 amide bonds.